The lowest BCUT2D eigenvalue weighted by Gasteiger charge is -2.34. The lowest BCUT2D eigenvalue weighted by Crippen LogP contribution is -2.37. The summed E-state index contributed by atoms with van der Waals surface area (Å²) in [5.74, 6) is 0.740. The minimum Gasteiger partial charge on any atom is -0.482 e. The number of alkyl halides is 3. The number of amides is 1. The maximum Gasteiger partial charge on any atom is 0.422 e. The van der Waals surface area contributed by atoms with Crippen LogP contribution in [0.4, 0.5) is 24.8 Å². The lowest BCUT2D eigenvalue weighted by molar-refractivity contribution is -0.153. The number of piperidine rings is 1. The molecule has 34 heavy (non-hydrogen) atoms. The van der Waals surface area contributed by atoms with Gasteiger partial charge in [0, 0.05) is 43.3 Å². The lowest BCUT2D eigenvalue weighted by atomic mass is 9.91. The number of ketones is 1. The first-order valence-corrected chi connectivity index (χ1v) is 11.5. The molecule has 182 valence electrons. The summed E-state index contributed by atoms with van der Waals surface area (Å²) in [4.78, 5) is 35.1. The van der Waals surface area contributed by atoms with E-state index >= 15 is 0 Å². The molecule has 2 aromatic heterocycles. The molecular weight excluding hydrogens is 473 g/mol. The third-order valence-electron chi connectivity index (χ3n) is 5.77. The largest absolute Gasteiger partial charge is 0.482 e. The van der Waals surface area contributed by atoms with E-state index in [2.05, 4.69) is 15.3 Å². The van der Waals surface area contributed by atoms with E-state index in [4.69, 9.17) is 16.3 Å². The van der Waals surface area contributed by atoms with Crippen LogP contribution in [-0.2, 0) is 4.79 Å². The van der Waals surface area contributed by atoms with E-state index in [1.54, 1.807) is 12.1 Å². The van der Waals surface area contributed by atoms with Crippen molar-refractivity contribution in [3.8, 4) is 5.75 Å². The Hall–Kier alpha value is -2.88. The van der Waals surface area contributed by atoms with E-state index in [1.807, 2.05) is 4.90 Å². The van der Waals surface area contributed by atoms with Gasteiger partial charge in [0.05, 0.1) is 11.2 Å². The average Bonchev–Trinajstić information content (AvgIpc) is 3.63. The number of ether oxygens (including phenoxy) is 1. The summed E-state index contributed by atoms with van der Waals surface area (Å²) in [6, 6.07) is 4.55. The monoisotopic (exact) mass is 496 g/mol. The average molecular weight is 497 g/mol. The smallest absolute Gasteiger partial charge is 0.422 e. The zero-order chi connectivity index (χ0) is 24.3. The van der Waals surface area contributed by atoms with Crippen molar-refractivity contribution in [1.29, 1.82) is 0 Å². The van der Waals surface area contributed by atoms with Gasteiger partial charge in [0.15, 0.2) is 12.4 Å². The Labute approximate surface area is 199 Å². The SMILES string of the molecule is O=C(C[C@@H]1CCCN(c2ncc(OCC(F)(F)F)cc2Cl)C1)c1ccnc(NC(=O)C2CC2)c1. The highest BCUT2D eigenvalue weighted by molar-refractivity contribution is 6.33. The number of nitrogens with one attached hydrogen (secondary N) is 1. The summed E-state index contributed by atoms with van der Waals surface area (Å²) in [7, 11) is 0. The summed E-state index contributed by atoms with van der Waals surface area (Å²) in [5.41, 5.74) is 0.487. The first-order valence-electron chi connectivity index (χ1n) is 11.1. The molecule has 7 nitrogen and oxygen atoms in total. The number of Topliss-reactive ketones (excluding diaryl/α,β-unsaturated/α-hetero) is 1. The van der Waals surface area contributed by atoms with Crippen LogP contribution >= 0.6 is 11.6 Å². The van der Waals surface area contributed by atoms with Gasteiger partial charge in [-0.25, -0.2) is 9.97 Å². The van der Waals surface area contributed by atoms with Gasteiger partial charge in [-0.1, -0.05) is 11.6 Å². The van der Waals surface area contributed by atoms with Gasteiger partial charge in [-0.15, -0.1) is 0 Å². The van der Waals surface area contributed by atoms with Crippen LogP contribution in [0.1, 0.15) is 42.5 Å². The highest BCUT2D eigenvalue weighted by atomic mass is 35.5. The summed E-state index contributed by atoms with van der Waals surface area (Å²) < 4.78 is 41.8. The number of pyridine rings is 2. The van der Waals surface area contributed by atoms with Crippen molar-refractivity contribution >= 4 is 34.9 Å². The van der Waals surface area contributed by atoms with Gasteiger partial charge in [0.2, 0.25) is 5.91 Å². The van der Waals surface area contributed by atoms with Gasteiger partial charge in [0.1, 0.15) is 17.4 Å². The molecule has 11 heteroatoms. The van der Waals surface area contributed by atoms with Crippen molar-refractivity contribution in [2.75, 3.05) is 29.9 Å². The van der Waals surface area contributed by atoms with Gasteiger partial charge in [-0.3, -0.25) is 9.59 Å². The fourth-order valence-electron chi connectivity index (χ4n) is 3.94. The number of rotatable bonds is 8. The summed E-state index contributed by atoms with van der Waals surface area (Å²) in [6.07, 6.45) is 2.02. The van der Waals surface area contributed by atoms with E-state index in [9.17, 15) is 22.8 Å². The molecule has 1 aliphatic heterocycles. The summed E-state index contributed by atoms with van der Waals surface area (Å²) in [5, 5.41) is 2.94. The van der Waals surface area contributed by atoms with Crippen molar-refractivity contribution in [2.45, 2.75) is 38.3 Å². The van der Waals surface area contributed by atoms with E-state index in [0.29, 0.717) is 36.7 Å². The van der Waals surface area contributed by atoms with Crippen molar-refractivity contribution in [1.82, 2.24) is 9.97 Å². The predicted molar refractivity (Wildman–Crippen MR) is 120 cm³/mol. The fourth-order valence-corrected chi connectivity index (χ4v) is 4.22. The number of hydrogen-bond acceptors (Lipinski definition) is 6. The van der Waals surface area contributed by atoms with Crippen LogP contribution < -0.4 is 15.0 Å². The molecule has 4 rings (SSSR count). The Balaban J connectivity index is 1.36. The van der Waals surface area contributed by atoms with E-state index in [0.717, 1.165) is 25.7 Å². The second-order valence-electron chi connectivity index (χ2n) is 8.66. The molecular formula is C23H24ClF3N4O3. The Morgan fingerprint density at radius 2 is 2.00 bits per heavy atom. The number of aromatic nitrogens is 2. The Bertz CT molecular complexity index is 1060. The predicted octanol–water partition coefficient (Wildman–Crippen LogP) is 4.91. The van der Waals surface area contributed by atoms with Gasteiger partial charge in [-0.2, -0.15) is 13.2 Å². The molecule has 3 heterocycles. The van der Waals surface area contributed by atoms with Gasteiger partial charge in [-0.05, 0) is 43.7 Å². The minimum absolute atomic E-state index is 0.0417. The summed E-state index contributed by atoms with van der Waals surface area (Å²) >= 11 is 6.27. The molecule has 2 fully saturated rings. The van der Waals surface area contributed by atoms with Crippen molar-refractivity contribution in [2.24, 2.45) is 11.8 Å². The van der Waals surface area contributed by atoms with E-state index < -0.39 is 12.8 Å². The number of carbonyl (C=O) groups is 2. The Kier molecular flexibility index (Phi) is 7.25. The van der Waals surface area contributed by atoms with Crippen molar-refractivity contribution < 1.29 is 27.5 Å². The van der Waals surface area contributed by atoms with Gasteiger partial charge < -0.3 is 15.0 Å². The standard InChI is InChI=1S/C23H24ClF3N4O3/c24-18-10-17(34-13-23(25,26)27)11-29-21(18)31-7-1-2-14(12-31)8-19(32)16-5-6-28-20(9-16)30-22(33)15-3-4-15/h5-6,9-11,14-15H,1-4,7-8,12-13H2,(H,28,30,33)/t14-/m0/s1. The maximum absolute atomic E-state index is 12.9. The molecule has 0 bridgehead atoms. The number of nitrogens with zero attached hydrogens (tertiary/aromatic N) is 3. The van der Waals surface area contributed by atoms with Crippen LogP contribution in [-0.4, -0.2) is 47.5 Å². The van der Waals surface area contributed by atoms with Gasteiger partial charge >= 0.3 is 6.18 Å². The molecule has 0 radical (unpaired) electrons. The Morgan fingerprint density at radius 3 is 2.71 bits per heavy atom. The first kappa shape index (κ1) is 24.3. The van der Waals surface area contributed by atoms with Gasteiger partial charge in [0.25, 0.3) is 0 Å². The topological polar surface area (TPSA) is 84.4 Å². The van der Waals surface area contributed by atoms with E-state index in [-0.39, 0.29) is 34.3 Å². The maximum atomic E-state index is 12.9. The van der Waals surface area contributed by atoms with Crippen LogP contribution in [0.15, 0.2) is 30.6 Å². The molecule has 0 unspecified atom stereocenters. The number of hydrogen-bond donors (Lipinski definition) is 1. The second kappa shape index (κ2) is 10.2. The number of carbonyl (C=O) groups excluding carboxylic acids is 2. The van der Waals surface area contributed by atoms with Crippen molar-refractivity contribution in [3.05, 3.63) is 41.2 Å². The normalized spacial score (nSPS) is 18.5. The molecule has 2 aromatic rings. The third kappa shape index (κ3) is 6.59. The minimum atomic E-state index is -4.45. The molecule has 1 saturated carbocycles. The van der Waals surface area contributed by atoms with Crippen LogP contribution in [0.3, 0.4) is 0 Å². The molecule has 2 aliphatic rings. The van der Waals surface area contributed by atoms with Crippen molar-refractivity contribution in [3.63, 3.8) is 0 Å². The molecule has 1 N–H and O–H groups in total. The van der Waals surface area contributed by atoms with E-state index in [1.165, 1.54) is 18.5 Å². The van der Waals surface area contributed by atoms with Crippen LogP contribution in [0, 0.1) is 11.8 Å². The molecule has 1 aliphatic carbocycles. The third-order valence-corrected chi connectivity index (χ3v) is 6.05. The highest BCUT2D eigenvalue weighted by Gasteiger charge is 2.31. The molecule has 0 aromatic carbocycles. The Morgan fingerprint density at radius 1 is 1.21 bits per heavy atom. The molecule has 1 saturated heterocycles. The zero-order valence-corrected chi connectivity index (χ0v) is 19.0. The fraction of sp³-hybridized carbons (Fsp3) is 0.478. The summed E-state index contributed by atoms with van der Waals surface area (Å²) in [6.45, 7) is -0.205. The highest BCUT2D eigenvalue weighted by Crippen LogP contribution is 2.33. The quantitative estimate of drug-likeness (QED) is 0.523. The second-order valence-corrected chi connectivity index (χ2v) is 9.06. The van der Waals surface area contributed by atoms with Crippen LogP contribution in [0.2, 0.25) is 5.02 Å². The molecule has 1 atom stereocenters. The zero-order valence-electron chi connectivity index (χ0n) is 18.3. The van der Waals surface area contributed by atoms with Crippen LogP contribution in [0.25, 0.3) is 0 Å². The number of anilines is 2. The van der Waals surface area contributed by atoms with Crippen LogP contribution in [0.5, 0.6) is 5.75 Å². The molecule has 1 amide bonds. The number of halogens is 4. The molecule has 0 spiro atoms. The first-order chi connectivity index (χ1) is 16.2.